The van der Waals surface area contributed by atoms with Gasteiger partial charge >= 0.3 is 6.18 Å². The van der Waals surface area contributed by atoms with Crippen molar-refractivity contribution in [3.63, 3.8) is 0 Å². The summed E-state index contributed by atoms with van der Waals surface area (Å²) in [7, 11) is 0. The van der Waals surface area contributed by atoms with Gasteiger partial charge in [0.1, 0.15) is 5.69 Å². The fourth-order valence-corrected chi connectivity index (χ4v) is 6.24. The van der Waals surface area contributed by atoms with Crippen molar-refractivity contribution < 1.29 is 36.2 Å². The van der Waals surface area contributed by atoms with Gasteiger partial charge in [0.25, 0.3) is 11.7 Å². The standard InChI is InChI=1S/C26H30F5N9O3/c1-14-19(38-43-37-14)21(41)36-20(15-2-4-25(27,28)5-3-15)17-13-40-23(34-17)35-18(10-33-40)24(6-8-32-9-7-24)22(42)39-11-16(12-39)26(29,30)31/h10,13,15-16,20,32H,2-9,11-12H2,1H3,(H,36,41)/t20-/m0/s1. The molecule has 1 saturated carbocycles. The van der Waals surface area contributed by atoms with Gasteiger partial charge in [0.05, 0.1) is 41.2 Å². The Morgan fingerprint density at radius 1 is 1.09 bits per heavy atom. The number of hydrogen-bond acceptors (Lipinski definition) is 9. The van der Waals surface area contributed by atoms with E-state index in [0.717, 1.165) is 0 Å². The second kappa shape index (κ2) is 10.7. The van der Waals surface area contributed by atoms with Gasteiger partial charge in [-0.3, -0.25) is 9.59 Å². The number of rotatable bonds is 6. The van der Waals surface area contributed by atoms with Crippen molar-refractivity contribution in [3.05, 3.63) is 35.2 Å². The Morgan fingerprint density at radius 3 is 2.42 bits per heavy atom. The lowest BCUT2D eigenvalue weighted by Gasteiger charge is -2.46. The third kappa shape index (κ3) is 5.54. The molecule has 6 rings (SSSR count). The van der Waals surface area contributed by atoms with Crippen LogP contribution in [0.3, 0.4) is 0 Å². The predicted molar refractivity (Wildman–Crippen MR) is 137 cm³/mol. The molecule has 3 aromatic heterocycles. The molecule has 17 heteroatoms. The van der Waals surface area contributed by atoms with Crippen molar-refractivity contribution in [1.29, 1.82) is 0 Å². The van der Waals surface area contributed by atoms with Crippen molar-refractivity contribution in [2.75, 3.05) is 26.2 Å². The minimum atomic E-state index is -4.37. The molecule has 3 aromatic rings. The maximum absolute atomic E-state index is 14.0. The Balaban J connectivity index is 1.31. The number of amides is 2. The molecule has 3 aliphatic rings. The molecule has 0 unspecified atom stereocenters. The Kier molecular flexibility index (Phi) is 7.33. The number of halogens is 5. The van der Waals surface area contributed by atoms with E-state index in [1.54, 1.807) is 6.92 Å². The van der Waals surface area contributed by atoms with Crippen molar-refractivity contribution in [3.8, 4) is 0 Å². The lowest BCUT2D eigenvalue weighted by molar-refractivity contribution is -0.211. The van der Waals surface area contributed by atoms with E-state index in [9.17, 15) is 31.5 Å². The fraction of sp³-hybridized carbons (Fsp3) is 0.654. The second-order valence-corrected chi connectivity index (χ2v) is 11.7. The van der Waals surface area contributed by atoms with Gasteiger partial charge in [-0.15, -0.1) is 0 Å². The van der Waals surface area contributed by atoms with E-state index in [0.29, 0.717) is 37.3 Å². The van der Waals surface area contributed by atoms with Gasteiger partial charge in [0, 0.05) is 25.9 Å². The number of nitrogens with one attached hydrogen (secondary N) is 2. The predicted octanol–water partition coefficient (Wildman–Crippen LogP) is 2.75. The molecule has 232 valence electrons. The molecule has 3 fully saturated rings. The Hall–Kier alpha value is -3.76. The van der Waals surface area contributed by atoms with E-state index in [-0.39, 0.29) is 48.8 Å². The summed E-state index contributed by atoms with van der Waals surface area (Å²) in [6.07, 6.45) is -1.19. The van der Waals surface area contributed by atoms with Crippen LogP contribution in [0.4, 0.5) is 22.0 Å². The molecule has 0 bridgehead atoms. The van der Waals surface area contributed by atoms with Gasteiger partial charge in [0.15, 0.2) is 5.69 Å². The summed E-state index contributed by atoms with van der Waals surface area (Å²) in [5.41, 5.74) is -0.339. The van der Waals surface area contributed by atoms with Crippen LogP contribution in [-0.4, -0.2) is 84.9 Å². The zero-order valence-corrected chi connectivity index (χ0v) is 23.2. The summed E-state index contributed by atoms with van der Waals surface area (Å²) in [4.78, 5) is 37.1. The van der Waals surface area contributed by atoms with Crippen molar-refractivity contribution in [2.45, 2.75) is 69.0 Å². The average Bonchev–Trinajstić information content (AvgIpc) is 3.56. The number of carbonyl (C=O) groups is 2. The summed E-state index contributed by atoms with van der Waals surface area (Å²) < 4.78 is 73.4. The minimum Gasteiger partial charge on any atom is -0.342 e. The first-order valence-electron chi connectivity index (χ1n) is 14.1. The molecule has 5 heterocycles. The fourth-order valence-electron chi connectivity index (χ4n) is 6.24. The van der Waals surface area contributed by atoms with Crippen LogP contribution < -0.4 is 10.6 Å². The zero-order valence-electron chi connectivity index (χ0n) is 23.2. The molecular formula is C26H30F5N9O3. The number of piperidine rings is 1. The van der Waals surface area contributed by atoms with Crippen molar-refractivity contribution in [1.82, 2.24) is 45.4 Å². The molecule has 43 heavy (non-hydrogen) atoms. The number of aromatic nitrogens is 6. The summed E-state index contributed by atoms with van der Waals surface area (Å²) in [5.74, 6) is -5.65. The lowest BCUT2D eigenvalue weighted by Crippen LogP contribution is -2.62. The quantitative estimate of drug-likeness (QED) is 0.402. The van der Waals surface area contributed by atoms with E-state index in [1.165, 1.54) is 21.8 Å². The van der Waals surface area contributed by atoms with Crippen LogP contribution in [0.15, 0.2) is 17.0 Å². The van der Waals surface area contributed by atoms with Crippen LogP contribution in [0.5, 0.6) is 0 Å². The lowest BCUT2D eigenvalue weighted by atomic mass is 9.74. The van der Waals surface area contributed by atoms with Crippen LogP contribution >= 0.6 is 0 Å². The molecule has 2 saturated heterocycles. The van der Waals surface area contributed by atoms with E-state index in [2.05, 4.69) is 40.6 Å². The number of imidazole rings is 1. The summed E-state index contributed by atoms with van der Waals surface area (Å²) in [6.45, 7) is 1.67. The number of carbonyl (C=O) groups excluding carboxylic acids is 2. The first kappa shape index (κ1) is 29.3. The van der Waals surface area contributed by atoms with Crippen LogP contribution in [0.2, 0.25) is 0 Å². The molecule has 0 aromatic carbocycles. The van der Waals surface area contributed by atoms with Crippen LogP contribution in [0.25, 0.3) is 5.78 Å². The molecular weight excluding hydrogens is 581 g/mol. The van der Waals surface area contributed by atoms with E-state index < -0.39 is 54.4 Å². The topological polar surface area (TPSA) is 143 Å². The van der Waals surface area contributed by atoms with Gasteiger partial charge < -0.3 is 15.5 Å². The summed E-state index contributed by atoms with van der Waals surface area (Å²) >= 11 is 0. The van der Waals surface area contributed by atoms with E-state index in [1.807, 2.05) is 0 Å². The van der Waals surface area contributed by atoms with Crippen molar-refractivity contribution >= 4 is 17.6 Å². The highest BCUT2D eigenvalue weighted by molar-refractivity contribution is 5.93. The third-order valence-electron chi connectivity index (χ3n) is 8.91. The molecule has 0 radical (unpaired) electrons. The molecule has 2 aliphatic heterocycles. The van der Waals surface area contributed by atoms with Gasteiger partial charge in [-0.2, -0.15) is 18.3 Å². The summed E-state index contributed by atoms with van der Waals surface area (Å²) in [5, 5.41) is 17.7. The number of aryl methyl sites for hydroxylation is 1. The molecule has 1 atom stereocenters. The number of alkyl halides is 5. The first-order chi connectivity index (χ1) is 20.4. The smallest absolute Gasteiger partial charge is 0.342 e. The Labute approximate surface area is 241 Å². The van der Waals surface area contributed by atoms with E-state index in [4.69, 9.17) is 0 Å². The van der Waals surface area contributed by atoms with Gasteiger partial charge in [-0.25, -0.2) is 27.9 Å². The largest absolute Gasteiger partial charge is 0.395 e. The third-order valence-corrected chi connectivity index (χ3v) is 8.91. The molecule has 2 N–H and O–H groups in total. The maximum Gasteiger partial charge on any atom is 0.395 e. The van der Waals surface area contributed by atoms with Crippen molar-refractivity contribution in [2.24, 2.45) is 11.8 Å². The highest BCUT2D eigenvalue weighted by Gasteiger charge is 2.53. The van der Waals surface area contributed by atoms with Crippen LogP contribution in [0, 0.1) is 18.8 Å². The molecule has 1 aliphatic carbocycles. The first-order valence-corrected chi connectivity index (χ1v) is 14.1. The highest BCUT2D eigenvalue weighted by Crippen LogP contribution is 2.42. The monoisotopic (exact) mass is 611 g/mol. The molecule has 2 amide bonds. The van der Waals surface area contributed by atoms with Crippen LogP contribution in [-0.2, 0) is 10.2 Å². The van der Waals surface area contributed by atoms with Gasteiger partial charge in [-0.05, 0) is 56.8 Å². The maximum atomic E-state index is 14.0. The molecule has 0 spiro atoms. The SMILES string of the molecule is Cc1nonc1C(=O)N[C@H](c1cn2ncc(C3(C(=O)N4CC(C(F)(F)F)C4)CCNCC3)nc2n1)C1CCC(F)(F)CC1. The highest BCUT2D eigenvalue weighted by atomic mass is 19.4. The number of likely N-dealkylation sites (tertiary alicyclic amines) is 1. The summed E-state index contributed by atoms with van der Waals surface area (Å²) in [6, 6.07) is -0.790. The normalized spacial score (nSPS) is 21.9. The number of nitrogens with zero attached hydrogens (tertiary/aromatic N) is 7. The van der Waals surface area contributed by atoms with Crippen LogP contribution in [0.1, 0.15) is 72.1 Å². The van der Waals surface area contributed by atoms with E-state index >= 15 is 0 Å². The average molecular weight is 612 g/mol. The zero-order chi connectivity index (χ0) is 30.6. The minimum absolute atomic E-state index is 0.0430. The number of hydrogen-bond donors (Lipinski definition) is 2. The Morgan fingerprint density at radius 2 is 1.79 bits per heavy atom. The van der Waals surface area contributed by atoms with Gasteiger partial charge in [0.2, 0.25) is 11.8 Å². The molecule has 12 nitrogen and oxygen atoms in total. The second-order valence-electron chi connectivity index (χ2n) is 11.7. The number of fused-ring (bicyclic) bond motifs is 1. The van der Waals surface area contributed by atoms with Gasteiger partial charge in [-0.1, -0.05) is 5.16 Å². The Bertz CT molecular complexity index is 1500.